The summed E-state index contributed by atoms with van der Waals surface area (Å²) in [6.07, 6.45) is 0. The number of aromatic nitrogens is 2. The fraction of sp³-hybridized carbons (Fsp3) is 0. The molecule has 0 saturated carbocycles. The summed E-state index contributed by atoms with van der Waals surface area (Å²) < 4.78 is 0. The van der Waals surface area contributed by atoms with Crippen molar-refractivity contribution in [2.45, 2.75) is 0 Å². The molecule has 1 heterocycles. The average Bonchev–Trinajstić information content (AvgIpc) is 2.82. The zero-order valence-electron chi connectivity index (χ0n) is 9.79. The molecule has 3 rings (SSSR count). The van der Waals surface area contributed by atoms with E-state index in [1.807, 2.05) is 24.3 Å². The van der Waals surface area contributed by atoms with Gasteiger partial charge in [0.05, 0.1) is 16.6 Å². The van der Waals surface area contributed by atoms with Crippen molar-refractivity contribution in [1.29, 1.82) is 0 Å². The highest BCUT2D eigenvalue weighted by atomic mass is 16.4. The van der Waals surface area contributed by atoms with E-state index in [0.717, 1.165) is 11.0 Å². The van der Waals surface area contributed by atoms with E-state index in [4.69, 9.17) is 5.11 Å². The molecule has 2 aromatic carbocycles. The lowest BCUT2D eigenvalue weighted by atomic mass is 10.1. The smallest absolute Gasteiger partial charge is 0.339 e. The number of nitrogens with zero attached hydrogens (tertiary/aromatic N) is 1. The van der Waals surface area contributed by atoms with Crippen molar-refractivity contribution in [3.05, 3.63) is 48.0 Å². The maximum absolute atomic E-state index is 11.0. The predicted molar refractivity (Wildman–Crippen MR) is 70.2 cm³/mol. The van der Waals surface area contributed by atoms with Crippen molar-refractivity contribution < 1.29 is 15.0 Å². The quantitative estimate of drug-likeness (QED) is 0.656. The second kappa shape index (κ2) is 4.13. The Labute approximate surface area is 108 Å². The summed E-state index contributed by atoms with van der Waals surface area (Å²) in [6.45, 7) is 0. The number of hydrogen-bond donors (Lipinski definition) is 3. The third-order valence-corrected chi connectivity index (χ3v) is 2.91. The minimum Gasteiger partial charge on any atom is -0.506 e. The number of aromatic carboxylic acids is 1. The number of carboxylic acid groups (broad SMARTS) is 1. The maximum atomic E-state index is 11.0. The number of nitrogens with one attached hydrogen (secondary N) is 1. The van der Waals surface area contributed by atoms with E-state index in [1.165, 1.54) is 6.07 Å². The Morgan fingerprint density at radius 1 is 1.11 bits per heavy atom. The van der Waals surface area contributed by atoms with Gasteiger partial charge >= 0.3 is 5.97 Å². The molecule has 0 saturated heterocycles. The number of rotatable bonds is 2. The van der Waals surface area contributed by atoms with Gasteiger partial charge in [0.25, 0.3) is 0 Å². The number of aromatic amines is 1. The second-order valence-electron chi connectivity index (χ2n) is 4.11. The largest absolute Gasteiger partial charge is 0.506 e. The van der Waals surface area contributed by atoms with Gasteiger partial charge in [0.15, 0.2) is 0 Å². The van der Waals surface area contributed by atoms with Crippen LogP contribution in [0.25, 0.3) is 22.4 Å². The van der Waals surface area contributed by atoms with Crippen LogP contribution in [-0.4, -0.2) is 26.2 Å². The molecule has 94 valence electrons. The molecule has 3 N–H and O–H groups in total. The first-order valence-corrected chi connectivity index (χ1v) is 5.67. The number of benzene rings is 2. The fourth-order valence-corrected chi connectivity index (χ4v) is 1.99. The highest BCUT2D eigenvalue weighted by molar-refractivity contribution is 5.94. The summed E-state index contributed by atoms with van der Waals surface area (Å²) in [6, 6.07) is 12.0. The van der Waals surface area contributed by atoms with Crippen LogP contribution in [0.5, 0.6) is 5.75 Å². The number of carboxylic acids is 1. The van der Waals surface area contributed by atoms with Crippen LogP contribution in [0, 0.1) is 0 Å². The number of hydrogen-bond acceptors (Lipinski definition) is 3. The monoisotopic (exact) mass is 254 g/mol. The van der Waals surface area contributed by atoms with Gasteiger partial charge in [0, 0.05) is 0 Å². The second-order valence-corrected chi connectivity index (χ2v) is 4.11. The van der Waals surface area contributed by atoms with E-state index < -0.39 is 5.97 Å². The molecule has 0 unspecified atom stereocenters. The van der Waals surface area contributed by atoms with Crippen molar-refractivity contribution in [1.82, 2.24) is 9.97 Å². The van der Waals surface area contributed by atoms with E-state index in [0.29, 0.717) is 11.4 Å². The number of fused-ring (bicyclic) bond motifs is 1. The predicted octanol–water partition coefficient (Wildman–Crippen LogP) is 2.63. The summed E-state index contributed by atoms with van der Waals surface area (Å²) in [5, 5.41) is 19.0. The van der Waals surface area contributed by atoms with Crippen molar-refractivity contribution in [2.75, 3.05) is 0 Å². The van der Waals surface area contributed by atoms with Gasteiger partial charge in [-0.1, -0.05) is 18.2 Å². The first kappa shape index (κ1) is 11.3. The Morgan fingerprint density at radius 2 is 1.89 bits per heavy atom. The summed E-state index contributed by atoms with van der Waals surface area (Å²) in [5.41, 5.74) is 1.82. The van der Waals surface area contributed by atoms with Crippen LogP contribution in [0.4, 0.5) is 0 Å². The summed E-state index contributed by atoms with van der Waals surface area (Å²) in [7, 11) is 0. The molecule has 5 nitrogen and oxygen atoms in total. The highest BCUT2D eigenvalue weighted by Crippen LogP contribution is 2.31. The van der Waals surface area contributed by atoms with Crippen LogP contribution in [0.2, 0.25) is 0 Å². The number of imidazole rings is 1. The van der Waals surface area contributed by atoms with Crippen molar-refractivity contribution in [3.8, 4) is 17.1 Å². The van der Waals surface area contributed by atoms with Crippen molar-refractivity contribution in [3.63, 3.8) is 0 Å². The Kier molecular flexibility index (Phi) is 2.45. The Balaban J connectivity index is 2.21. The first-order valence-electron chi connectivity index (χ1n) is 5.67. The average molecular weight is 254 g/mol. The third kappa shape index (κ3) is 1.81. The zero-order valence-corrected chi connectivity index (χ0v) is 9.79. The molecule has 3 aromatic rings. The Morgan fingerprint density at radius 3 is 2.63 bits per heavy atom. The fourth-order valence-electron chi connectivity index (χ4n) is 1.99. The van der Waals surface area contributed by atoms with Crippen LogP contribution in [0.3, 0.4) is 0 Å². The lowest BCUT2D eigenvalue weighted by Crippen LogP contribution is -1.97. The molecule has 5 heteroatoms. The van der Waals surface area contributed by atoms with Crippen LogP contribution < -0.4 is 0 Å². The minimum absolute atomic E-state index is 0.141. The lowest BCUT2D eigenvalue weighted by molar-refractivity contribution is 0.0694. The van der Waals surface area contributed by atoms with Crippen molar-refractivity contribution >= 4 is 17.0 Å². The Hall–Kier alpha value is -2.82. The van der Waals surface area contributed by atoms with Gasteiger partial charge < -0.3 is 15.2 Å². The molecule has 1 aromatic heterocycles. The molecule has 0 spiro atoms. The molecule has 0 amide bonds. The van der Waals surface area contributed by atoms with E-state index in [1.54, 1.807) is 12.1 Å². The molecular formula is C14H10N2O3. The molecule has 0 radical (unpaired) electrons. The molecule has 0 aliphatic rings. The van der Waals surface area contributed by atoms with Crippen molar-refractivity contribution in [2.24, 2.45) is 0 Å². The van der Waals surface area contributed by atoms with Gasteiger partial charge in [-0.15, -0.1) is 0 Å². The van der Waals surface area contributed by atoms with Crippen LogP contribution >= 0.6 is 0 Å². The normalized spacial score (nSPS) is 10.7. The van der Waals surface area contributed by atoms with Gasteiger partial charge in [-0.2, -0.15) is 0 Å². The van der Waals surface area contributed by atoms with Crippen LogP contribution in [0.1, 0.15) is 10.4 Å². The van der Waals surface area contributed by atoms with Gasteiger partial charge in [-0.3, -0.25) is 0 Å². The minimum atomic E-state index is -1.17. The van der Waals surface area contributed by atoms with Crippen LogP contribution in [-0.2, 0) is 0 Å². The maximum Gasteiger partial charge on any atom is 0.339 e. The first-order chi connectivity index (χ1) is 9.16. The highest BCUT2D eigenvalue weighted by Gasteiger charge is 2.16. The van der Waals surface area contributed by atoms with E-state index in [-0.39, 0.29) is 11.3 Å². The summed E-state index contributed by atoms with van der Waals surface area (Å²) in [4.78, 5) is 18.4. The summed E-state index contributed by atoms with van der Waals surface area (Å²) in [5.74, 6) is -1.01. The third-order valence-electron chi connectivity index (χ3n) is 2.91. The number of aromatic hydroxyl groups is 1. The molecule has 0 atom stereocenters. The SMILES string of the molecule is O=C(O)c1cccc(-c2nc3ccccc3[nH]2)c1O. The van der Waals surface area contributed by atoms with Gasteiger partial charge in [0.2, 0.25) is 0 Å². The number of H-pyrrole nitrogens is 1. The number of para-hydroxylation sites is 3. The Bertz CT molecular complexity index is 744. The molecule has 0 aliphatic carbocycles. The van der Waals surface area contributed by atoms with E-state index in [2.05, 4.69) is 9.97 Å². The molecule has 19 heavy (non-hydrogen) atoms. The van der Waals surface area contributed by atoms with Gasteiger partial charge in [-0.25, -0.2) is 9.78 Å². The van der Waals surface area contributed by atoms with E-state index in [9.17, 15) is 9.90 Å². The zero-order chi connectivity index (χ0) is 13.4. The van der Waals surface area contributed by atoms with Crippen LogP contribution in [0.15, 0.2) is 42.5 Å². The van der Waals surface area contributed by atoms with Gasteiger partial charge in [0.1, 0.15) is 17.1 Å². The summed E-state index contributed by atoms with van der Waals surface area (Å²) >= 11 is 0. The van der Waals surface area contributed by atoms with E-state index >= 15 is 0 Å². The molecular weight excluding hydrogens is 244 g/mol. The molecule has 0 aliphatic heterocycles. The molecule has 0 fully saturated rings. The van der Waals surface area contributed by atoms with Gasteiger partial charge in [-0.05, 0) is 24.3 Å². The number of phenols is 1. The topological polar surface area (TPSA) is 86.2 Å². The number of carbonyl (C=O) groups is 1. The standard InChI is InChI=1S/C14H10N2O3/c17-12-8(4-3-5-9(12)14(18)19)13-15-10-6-1-2-7-11(10)16-13/h1-7,17H,(H,15,16)(H,18,19). The molecule has 0 bridgehead atoms. The lowest BCUT2D eigenvalue weighted by Gasteiger charge is -2.04.